The maximum atomic E-state index is 12.8. The van der Waals surface area contributed by atoms with Gasteiger partial charge >= 0.3 is 0 Å². The SMILES string of the molecule is NC(=O)c1cc(-c2ccc(F)cc2)cnc1N. The van der Waals surface area contributed by atoms with Crippen LogP contribution in [-0.2, 0) is 0 Å². The van der Waals surface area contributed by atoms with E-state index in [9.17, 15) is 9.18 Å². The van der Waals surface area contributed by atoms with Crippen molar-refractivity contribution in [2.24, 2.45) is 5.73 Å². The van der Waals surface area contributed by atoms with Crippen LogP contribution in [0, 0.1) is 5.82 Å². The third-order valence-corrected chi connectivity index (χ3v) is 2.36. The highest BCUT2D eigenvalue weighted by Crippen LogP contribution is 2.21. The summed E-state index contributed by atoms with van der Waals surface area (Å²) in [4.78, 5) is 15.0. The normalized spacial score (nSPS) is 10.2. The zero-order valence-electron chi connectivity index (χ0n) is 8.85. The first kappa shape index (κ1) is 11.1. The molecule has 5 heteroatoms. The first-order chi connectivity index (χ1) is 8.08. The lowest BCUT2D eigenvalue weighted by Gasteiger charge is -2.05. The number of anilines is 1. The molecule has 0 atom stereocenters. The van der Waals surface area contributed by atoms with E-state index in [1.807, 2.05) is 0 Å². The van der Waals surface area contributed by atoms with Gasteiger partial charge in [-0.2, -0.15) is 0 Å². The number of rotatable bonds is 2. The molecule has 4 N–H and O–H groups in total. The van der Waals surface area contributed by atoms with Gasteiger partial charge in [-0.05, 0) is 23.8 Å². The third kappa shape index (κ3) is 2.23. The maximum absolute atomic E-state index is 12.8. The molecule has 0 aliphatic heterocycles. The number of primary amides is 1. The molecule has 86 valence electrons. The van der Waals surface area contributed by atoms with Crippen molar-refractivity contribution in [2.75, 3.05) is 5.73 Å². The summed E-state index contributed by atoms with van der Waals surface area (Å²) in [5.41, 5.74) is 12.2. The summed E-state index contributed by atoms with van der Waals surface area (Å²) in [5.74, 6) is -0.880. The summed E-state index contributed by atoms with van der Waals surface area (Å²) in [5, 5.41) is 0. The van der Waals surface area contributed by atoms with Crippen LogP contribution in [0.2, 0.25) is 0 Å². The highest BCUT2D eigenvalue weighted by Gasteiger charge is 2.09. The minimum atomic E-state index is -0.640. The Kier molecular flexibility index (Phi) is 2.74. The fraction of sp³-hybridized carbons (Fsp3) is 0. The summed E-state index contributed by atoms with van der Waals surface area (Å²) in [7, 11) is 0. The average Bonchev–Trinajstić information content (AvgIpc) is 2.30. The van der Waals surface area contributed by atoms with Gasteiger partial charge in [-0.15, -0.1) is 0 Å². The molecular weight excluding hydrogens is 221 g/mol. The standard InChI is InChI=1S/C12H10FN3O/c13-9-3-1-7(2-4-9)8-5-10(12(15)17)11(14)16-6-8/h1-6H,(H2,14,16)(H2,15,17). The molecule has 0 radical (unpaired) electrons. The van der Waals surface area contributed by atoms with E-state index in [0.29, 0.717) is 5.56 Å². The number of nitrogens with two attached hydrogens (primary N) is 2. The number of hydrogen-bond acceptors (Lipinski definition) is 3. The van der Waals surface area contributed by atoms with Crippen LogP contribution >= 0.6 is 0 Å². The number of halogens is 1. The largest absolute Gasteiger partial charge is 0.383 e. The molecule has 1 aromatic heterocycles. The molecule has 2 aromatic rings. The lowest BCUT2D eigenvalue weighted by atomic mass is 10.1. The van der Waals surface area contributed by atoms with Crippen molar-refractivity contribution in [3.8, 4) is 11.1 Å². The Morgan fingerprint density at radius 1 is 1.18 bits per heavy atom. The van der Waals surface area contributed by atoms with Gasteiger partial charge in [0.25, 0.3) is 5.91 Å². The Bertz CT molecular complexity index is 566. The van der Waals surface area contributed by atoms with Crippen LogP contribution in [-0.4, -0.2) is 10.9 Å². The smallest absolute Gasteiger partial charge is 0.252 e. The van der Waals surface area contributed by atoms with Crippen LogP contribution in [0.25, 0.3) is 11.1 Å². The van der Waals surface area contributed by atoms with Crippen LogP contribution in [0.3, 0.4) is 0 Å². The molecule has 0 aliphatic rings. The zero-order chi connectivity index (χ0) is 12.4. The number of amides is 1. The number of nitrogen functional groups attached to an aromatic ring is 1. The Morgan fingerprint density at radius 3 is 2.41 bits per heavy atom. The molecule has 1 aromatic carbocycles. The minimum absolute atomic E-state index is 0.0864. The second-order valence-electron chi connectivity index (χ2n) is 3.53. The number of carbonyl (C=O) groups is 1. The lowest BCUT2D eigenvalue weighted by molar-refractivity contribution is 0.100. The van der Waals surface area contributed by atoms with Crippen molar-refractivity contribution in [3.63, 3.8) is 0 Å². The van der Waals surface area contributed by atoms with Gasteiger partial charge in [0.2, 0.25) is 0 Å². The number of pyridine rings is 1. The number of carbonyl (C=O) groups excluding carboxylic acids is 1. The zero-order valence-corrected chi connectivity index (χ0v) is 8.85. The van der Waals surface area contributed by atoms with Gasteiger partial charge < -0.3 is 11.5 Å². The molecule has 4 nitrogen and oxygen atoms in total. The number of nitrogens with zero attached hydrogens (tertiary/aromatic N) is 1. The molecule has 0 spiro atoms. The van der Waals surface area contributed by atoms with E-state index < -0.39 is 5.91 Å². The average molecular weight is 231 g/mol. The van der Waals surface area contributed by atoms with Crippen molar-refractivity contribution >= 4 is 11.7 Å². The van der Waals surface area contributed by atoms with Crippen molar-refractivity contribution in [3.05, 3.63) is 47.9 Å². The summed E-state index contributed by atoms with van der Waals surface area (Å²) >= 11 is 0. The summed E-state index contributed by atoms with van der Waals surface area (Å²) in [6, 6.07) is 7.38. The van der Waals surface area contributed by atoms with Gasteiger partial charge in [0.1, 0.15) is 11.6 Å². The third-order valence-electron chi connectivity index (χ3n) is 2.36. The number of hydrogen-bond donors (Lipinski definition) is 2. The quantitative estimate of drug-likeness (QED) is 0.822. The first-order valence-corrected chi connectivity index (χ1v) is 4.89. The van der Waals surface area contributed by atoms with E-state index in [0.717, 1.165) is 5.56 Å². The molecule has 0 unspecified atom stereocenters. The second-order valence-corrected chi connectivity index (χ2v) is 3.53. The molecule has 1 amide bonds. The maximum Gasteiger partial charge on any atom is 0.252 e. The summed E-state index contributed by atoms with van der Waals surface area (Å²) < 4.78 is 12.8. The molecule has 0 bridgehead atoms. The van der Waals surface area contributed by atoms with Crippen molar-refractivity contribution in [2.45, 2.75) is 0 Å². The molecule has 0 fully saturated rings. The molecule has 0 saturated heterocycles. The number of aromatic nitrogens is 1. The number of benzene rings is 1. The first-order valence-electron chi connectivity index (χ1n) is 4.89. The predicted octanol–water partition coefficient (Wildman–Crippen LogP) is 1.57. The van der Waals surface area contributed by atoms with Crippen LogP contribution in [0.5, 0.6) is 0 Å². The Hall–Kier alpha value is -2.43. The fourth-order valence-corrected chi connectivity index (χ4v) is 1.47. The van der Waals surface area contributed by atoms with Crippen molar-refractivity contribution in [1.82, 2.24) is 4.98 Å². The highest BCUT2D eigenvalue weighted by molar-refractivity contribution is 5.98. The van der Waals surface area contributed by atoms with Gasteiger partial charge in [0, 0.05) is 11.8 Å². The van der Waals surface area contributed by atoms with E-state index in [4.69, 9.17) is 11.5 Å². The molecule has 2 rings (SSSR count). The van der Waals surface area contributed by atoms with Gasteiger partial charge in [0.05, 0.1) is 5.56 Å². The molecule has 1 heterocycles. The van der Waals surface area contributed by atoms with Crippen LogP contribution in [0.4, 0.5) is 10.2 Å². The molecule has 17 heavy (non-hydrogen) atoms. The summed E-state index contributed by atoms with van der Waals surface area (Å²) in [6.07, 6.45) is 1.51. The van der Waals surface area contributed by atoms with Gasteiger partial charge in [-0.3, -0.25) is 4.79 Å². The fourth-order valence-electron chi connectivity index (χ4n) is 1.47. The van der Waals surface area contributed by atoms with E-state index >= 15 is 0 Å². The topological polar surface area (TPSA) is 82.0 Å². The lowest BCUT2D eigenvalue weighted by Crippen LogP contribution is -2.14. The molecule has 0 aliphatic carbocycles. The second kappa shape index (κ2) is 4.21. The van der Waals surface area contributed by atoms with Gasteiger partial charge in [0.15, 0.2) is 0 Å². The van der Waals surface area contributed by atoms with Crippen LogP contribution < -0.4 is 11.5 Å². The highest BCUT2D eigenvalue weighted by atomic mass is 19.1. The van der Waals surface area contributed by atoms with E-state index in [-0.39, 0.29) is 17.2 Å². The Labute approximate surface area is 97.1 Å². The van der Waals surface area contributed by atoms with E-state index in [1.165, 1.54) is 24.4 Å². The summed E-state index contributed by atoms with van der Waals surface area (Å²) in [6.45, 7) is 0. The Morgan fingerprint density at radius 2 is 1.82 bits per heavy atom. The van der Waals surface area contributed by atoms with Gasteiger partial charge in [-0.1, -0.05) is 12.1 Å². The van der Waals surface area contributed by atoms with Crippen LogP contribution in [0.15, 0.2) is 36.5 Å². The van der Waals surface area contributed by atoms with Crippen molar-refractivity contribution < 1.29 is 9.18 Å². The van der Waals surface area contributed by atoms with Crippen LogP contribution in [0.1, 0.15) is 10.4 Å². The minimum Gasteiger partial charge on any atom is -0.383 e. The monoisotopic (exact) mass is 231 g/mol. The molecular formula is C12H10FN3O. The predicted molar refractivity (Wildman–Crippen MR) is 62.6 cm³/mol. The van der Waals surface area contributed by atoms with E-state index in [1.54, 1.807) is 12.1 Å². The van der Waals surface area contributed by atoms with Crippen molar-refractivity contribution in [1.29, 1.82) is 0 Å². The van der Waals surface area contributed by atoms with E-state index in [2.05, 4.69) is 4.98 Å². The molecule has 0 saturated carbocycles. The van der Waals surface area contributed by atoms with Gasteiger partial charge in [-0.25, -0.2) is 9.37 Å². The Balaban J connectivity index is 2.50.